The molecule has 3 aromatic carbocycles. The molecule has 3 aliphatic rings. The van der Waals surface area contributed by atoms with Crippen LogP contribution in [-0.2, 0) is 31.4 Å². The maximum atomic E-state index is 10.9. The molecule has 0 bridgehead atoms. The number of aldehydes is 1. The average Bonchev–Trinajstić information content (AvgIpc) is 0.775. The van der Waals surface area contributed by atoms with Crippen molar-refractivity contribution in [2.45, 2.75) is 407 Å². The van der Waals surface area contributed by atoms with Gasteiger partial charge < -0.3 is 93.2 Å². The molecule has 3 fully saturated rings. The van der Waals surface area contributed by atoms with Gasteiger partial charge in [-0.2, -0.15) is 0 Å². The Kier molecular flexibility index (Phi) is 53.4. The predicted molar refractivity (Wildman–Crippen MR) is 560 cm³/mol. The fourth-order valence-corrected chi connectivity index (χ4v) is 22.1. The molecule has 3 aromatic heterocycles. The molecule has 3 saturated heterocycles. The van der Waals surface area contributed by atoms with Gasteiger partial charge in [0.25, 0.3) is 0 Å². The summed E-state index contributed by atoms with van der Waals surface area (Å²) in [5.74, 6) is 0.747. The summed E-state index contributed by atoms with van der Waals surface area (Å²) < 4.78 is 59.4. The van der Waals surface area contributed by atoms with Gasteiger partial charge in [0.15, 0.2) is 85.8 Å². The first-order chi connectivity index (χ1) is 58.2. The number of carbonyl (C=O) groups is 1. The summed E-state index contributed by atoms with van der Waals surface area (Å²) in [4.78, 5) is 30.4. The molecule has 0 spiro atoms. The number of β-amino-alcohol motifs (C(OH)–C–C–N with tert-alkyl or cyclic N) is 1. The molecule has 745 valence electrons. The van der Waals surface area contributed by atoms with Gasteiger partial charge in [-0.25, -0.2) is 15.0 Å². The largest absolute Gasteiger partial charge is 1.00 e. The predicted octanol–water partition coefficient (Wildman–Crippen LogP) is 20.4. The van der Waals surface area contributed by atoms with E-state index in [-0.39, 0.29) is 140 Å². The van der Waals surface area contributed by atoms with Crippen LogP contribution in [-0.4, -0.2) is 248 Å². The Morgan fingerprint density at radius 3 is 1.06 bits per heavy atom. The Balaban J connectivity index is 0.00000182. The topological polar surface area (TPSA) is 315 Å². The molecule has 3 radical (unpaired) electrons. The Labute approximate surface area is 826 Å². The third kappa shape index (κ3) is 37.5. The third-order valence-electron chi connectivity index (χ3n) is 29.2. The number of hydrogen-bond donors (Lipinski definition) is 7. The third-order valence-corrected chi connectivity index (χ3v) is 56.1. The summed E-state index contributed by atoms with van der Waals surface area (Å²) in [7, 11) is -12.2. The van der Waals surface area contributed by atoms with Crippen molar-refractivity contribution < 1.29 is 94.6 Å². The zero-order valence-corrected chi connectivity index (χ0v) is 93.9. The summed E-state index contributed by atoms with van der Waals surface area (Å²) in [6.45, 7) is 88.3. The summed E-state index contributed by atoms with van der Waals surface area (Å²) in [6.07, 6.45) is 14.7. The van der Waals surface area contributed by atoms with Crippen molar-refractivity contribution in [3.63, 3.8) is 0 Å². The smallest absolute Gasteiger partial charge is 0.512 e. The van der Waals surface area contributed by atoms with Crippen molar-refractivity contribution in [3.05, 3.63) is 80.4 Å². The van der Waals surface area contributed by atoms with Gasteiger partial charge in [0.1, 0.15) is 35.0 Å². The fourth-order valence-electron chi connectivity index (χ4n) is 14.6. The SMILES string of the molecule is C.C.C.C[C@H]1CN(CCCCCC=O)[C@H](CO[Si](C)(C)C(C)(C)C)[C@@H](O[Si](C)(C)C(C)(C)C)[C@@H]1O[Si](C)(C)C(C)(C)C.C[C@H]1CN(CCCCCCNc2ccc3ncoc3c2)[C@H](CO[Si](C)(C)C(C)(C)C)[C@@H](O[Si](C)(C)C(C)(C)C)[C@@H]1O[Si](C)(C)C(C)(C)C.Nc1ccc2ncoc2c1.OC[C@@H]1[C@@H](O)[C@H](O)[C@@H](O)CN1CCCCCCNc1ccc2ncoc2c1.[B].[C-]#N.[Na+]. The van der Waals surface area contributed by atoms with E-state index in [9.17, 15) is 25.2 Å². The number of nitrogens with zero attached hydrogens (tertiary/aromatic N) is 7. The van der Waals surface area contributed by atoms with Crippen LogP contribution >= 0.6 is 0 Å². The van der Waals surface area contributed by atoms with Crippen LogP contribution < -0.4 is 45.9 Å². The maximum Gasteiger partial charge on any atom is 1.00 e. The number of aliphatic hydroxyl groups excluding tert-OH is 4. The van der Waals surface area contributed by atoms with E-state index in [1.54, 1.807) is 12.1 Å². The van der Waals surface area contributed by atoms with E-state index in [0.29, 0.717) is 43.7 Å². The molecule has 12 atom stereocenters. The maximum absolute atomic E-state index is 10.9. The molecule has 131 heavy (non-hydrogen) atoms. The molecule has 0 unspecified atom stereocenters. The van der Waals surface area contributed by atoms with E-state index in [1.165, 1.54) is 38.4 Å². The first-order valence-corrected chi connectivity index (χ1v) is 64.4. The van der Waals surface area contributed by atoms with Crippen LogP contribution in [0.1, 0.15) is 238 Å². The quantitative estimate of drug-likeness (QED) is 0.00626. The van der Waals surface area contributed by atoms with Gasteiger partial charge >= 0.3 is 29.6 Å². The number of aliphatic hydroxyl groups is 4. The van der Waals surface area contributed by atoms with Gasteiger partial charge in [0, 0.05) is 82.8 Å². The molecular formula is C99H187BN10NaO14Si6. The molecule has 32 heteroatoms. The number of oxazole rings is 3. The molecule has 6 heterocycles. The van der Waals surface area contributed by atoms with E-state index in [4.69, 9.17) is 57.4 Å². The van der Waals surface area contributed by atoms with E-state index >= 15 is 0 Å². The normalized spacial score (nSPS) is 21.8. The van der Waals surface area contributed by atoms with Crippen molar-refractivity contribution >= 4 is 115 Å². The average molecular weight is 1940 g/mol. The summed E-state index contributed by atoms with van der Waals surface area (Å²) in [5.41, 5.74) is 13.2. The number of nitrogens with two attached hydrogens (primary N) is 1. The van der Waals surface area contributed by atoms with Crippen LogP contribution in [0.4, 0.5) is 17.1 Å². The zero-order chi connectivity index (χ0) is 95.2. The van der Waals surface area contributed by atoms with Crippen molar-refractivity contribution in [1.82, 2.24) is 29.7 Å². The minimum atomic E-state index is -2.11. The van der Waals surface area contributed by atoms with Gasteiger partial charge in [0.2, 0.25) is 0 Å². The number of fused-ring (bicyclic) bond motifs is 3. The molecule has 0 aliphatic carbocycles. The zero-order valence-electron chi connectivity index (χ0n) is 85.9. The number of anilines is 3. The number of rotatable bonds is 37. The van der Waals surface area contributed by atoms with Gasteiger partial charge in [-0.3, -0.25) is 14.7 Å². The van der Waals surface area contributed by atoms with Gasteiger partial charge in [-0.1, -0.05) is 193 Å². The number of unbranched alkanes of at least 4 members (excludes halogenated alkanes) is 9. The van der Waals surface area contributed by atoms with E-state index in [2.05, 4.69) is 258 Å². The van der Waals surface area contributed by atoms with Gasteiger partial charge in [-0.15, -0.1) is 0 Å². The van der Waals surface area contributed by atoms with Crippen LogP contribution in [0.15, 0.2) is 87.0 Å². The van der Waals surface area contributed by atoms with E-state index in [1.807, 2.05) is 41.3 Å². The molecule has 0 amide bonds. The molecule has 6 aromatic rings. The molecular weight excluding hydrogens is 1760 g/mol. The van der Waals surface area contributed by atoms with Crippen LogP contribution in [0.5, 0.6) is 0 Å². The Bertz CT molecular complexity index is 4190. The molecule has 24 nitrogen and oxygen atoms in total. The standard InChI is InChI=1S/C38H73N3O4Si3.C31H67NO4Si3.C19H29N3O5.C7H6N2O.CN.3CH4.B.Na/c1-29-26-41(24-20-18-17-19-23-39-30-21-22-31-33(25-30)42-28-40-31)32(27-43-46(11,12)36(2,3)4)35(45-48(15,16)38(8,9)10)34(29)44-47(13,14)37(5,6)7;1-25-23-32(21-19-17-18-20-22-33)26(24-34-37(11,12)29(2,3)4)28(36-39(15,16)31(8,9)10)27(25)35-38(13,14)30(5,6)7;23-11-15-18(25)19(26)16(24)10-22(15)8-4-2-1-3-7-20-13-5-6-14-17(9-13)27-12-21-14;8-5-1-2-6-7(3-5)10-4-9-6;1-2;;;;;/h21-22,25,28-29,32,34-35,39H,17-20,23-24,26-27H2,1-16H3;22,25-28H,17-21,23-24H2,1-16H3;5-6,9,12,15-16,18-20,23-26H,1-4,7-8,10-11H2;1-4H,8H2;;3*1H4;;/q;;;;-1;;;;;+1/t29-,32+,34+,35+;25-,26+,27+,28+;15-,16+,18-,19-;;;;;;;/m001......./s1. The Morgan fingerprint density at radius 2 is 0.740 bits per heavy atom. The van der Waals surface area contributed by atoms with E-state index < -0.39 is 74.3 Å². The summed E-state index contributed by atoms with van der Waals surface area (Å²) in [6, 6.07) is 17.2. The fraction of sp³-hybridized carbons (Fsp3) is 0.768. The minimum Gasteiger partial charge on any atom is -0.512 e. The number of hydrogen-bond acceptors (Lipinski definition) is 24. The van der Waals surface area contributed by atoms with Crippen LogP contribution in [0.2, 0.25) is 109 Å². The second-order valence-electron chi connectivity index (χ2n) is 45.2. The Hall–Kier alpha value is -3.52. The van der Waals surface area contributed by atoms with Crippen molar-refractivity contribution in [3.8, 4) is 0 Å². The molecule has 0 saturated carbocycles. The monoisotopic (exact) mass is 1940 g/mol. The van der Waals surface area contributed by atoms with Gasteiger partial charge in [0.05, 0.1) is 68.5 Å². The number of piperidine rings is 3. The molecule has 3 aliphatic heterocycles. The van der Waals surface area contributed by atoms with Crippen LogP contribution in [0, 0.1) is 23.7 Å². The first-order valence-electron chi connectivity index (χ1n) is 47.0. The van der Waals surface area contributed by atoms with Crippen molar-refractivity contribution in [2.24, 2.45) is 11.8 Å². The Morgan fingerprint density at radius 1 is 0.443 bits per heavy atom. The number of likely N-dealkylation sites (tertiary alicyclic amines) is 3. The number of carbonyl (C=O) groups excluding carboxylic acids is 1. The number of benzene rings is 3. The number of aromatic nitrogens is 3. The second-order valence-corrected chi connectivity index (χ2v) is 73.9. The van der Waals surface area contributed by atoms with Gasteiger partial charge in [-0.05, 0) is 215 Å². The summed E-state index contributed by atoms with van der Waals surface area (Å²) in [5, 5.41) is 53.0. The second kappa shape index (κ2) is 54.9. The molecule has 9 rings (SSSR count). The van der Waals surface area contributed by atoms with Crippen molar-refractivity contribution in [2.75, 3.05) is 88.5 Å². The first kappa shape index (κ1) is 127. The van der Waals surface area contributed by atoms with Crippen LogP contribution in [0.3, 0.4) is 0 Å². The molecule has 8 N–H and O–H groups in total. The number of nitrogens with one attached hydrogen (secondary N) is 2. The van der Waals surface area contributed by atoms with E-state index in [0.717, 1.165) is 142 Å². The van der Waals surface area contributed by atoms with Crippen LogP contribution in [0.25, 0.3) is 33.3 Å². The minimum absolute atomic E-state index is 0. The number of nitrogen functional groups attached to an aromatic ring is 1. The summed E-state index contributed by atoms with van der Waals surface area (Å²) >= 11 is 0. The van der Waals surface area contributed by atoms with Crippen molar-refractivity contribution in [1.29, 1.82) is 5.26 Å².